The summed E-state index contributed by atoms with van der Waals surface area (Å²) in [7, 11) is 2.21. The van der Waals surface area contributed by atoms with Gasteiger partial charge in [0.25, 0.3) is 0 Å². The van der Waals surface area contributed by atoms with Crippen molar-refractivity contribution in [2.45, 2.75) is 45.4 Å². The Kier molecular flexibility index (Phi) is 4.00. The van der Waals surface area contributed by atoms with Crippen molar-refractivity contribution in [3.8, 4) is 0 Å². The van der Waals surface area contributed by atoms with Crippen molar-refractivity contribution in [3.05, 3.63) is 23.8 Å². The fourth-order valence-corrected chi connectivity index (χ4v) is 2.48. The quantitative estimate of drug-likeness (QED) is 0.804. The van der Waals surface area contributed by atoms with E-state index in [1.165, 1.54) is 31.6 Å². The standard InChI is InChI=1S/C15H25N3/c1-15(2,3)14-10-13(16-11-17-14)9-12-5-7-18(4)8-6-12/h10-12H,5-9H2,1-4H3. The van der Waals surface area contributed by atoms with Gasteiger partial charge in [-0.25, -0.2) is 9.97 Å². The molecule has 1 fully saturated rings. The van der Waals surface area contributed by atoms with E-state index in [1.54, 1.807) is 6.33 Å². The molecule has 0 radical (unpaired) electrons. The second-order valence-electron chi connectivity index (χ2n) is 6.60. The summed E-state index contributed by atoms with van der Waals surface area (Å²) in [6.45, 7) is 9.06. The van der Waals surface area contributed by atoms with Gasteiger partial charge in [-0.15, -0.1) is 0 Å². The Labute approximate surface area is 111 Å². The first-order valence-corrected chi connectivity index (χ1v) is 6.95. The first kappa shape index (κ1) is 13.5. The molecule has 1 aliphatic heterocycles. The number of likely N-dealkylation sites (tertiary alicyclic amines) is 1. The van der Waals surface area contributed by atoms with E-state index in [9.17, 15) is 0 Å². The van der Waals surface area contributed by atoms with Crippen LogP contribution in [0.5, 0.6) is 0 Å². The van der Waals surface area contributed by atoms with Crippen LogP contribution in [0, 0.1) is 5.92 Å². The van der Waals surface area contributed by atoms with Crippen molar-refractivity contribution in [1.29, 1.82) is 0 Å². The molecule has 2 rings (SSSR count). The summed E-state index contributed by atoms with van der Waals surface area (Å²) < 4.78 is 0. The zero-order valence-electron chi connectivity index (χ0n) is 12.1. The second kappa shape index (κ2) is 5.35. The molecule has 3 heteroatoms. The smallest absolute Gasteiger partial charge is 0.115 e. The van der Waals surface area contributed by atoms with E-state index in [1.807, 2.05) is 0 Å². The van der Waals surface area contributed by atoms with Gasteiger partial charge in [0.15, 0.2) is 0 Å². The third-order valence-electron chi connectivity index (χ3n) is 3.83. The Morgan fingerprint density at radius 1 is 1.22 bits per heavy atom. The van der Waals surface area contributed by atoms with Crippen LogP contribution < -0.4 is 0 Å². The molecule has 100 valence electrons. The van der Waals surface area contributed by atoms with E-state index < -0.39 is 0 Å². The molecule has 3 nitrogen and oxygen atoms in total. The van der Waals surface area contributed by atoms with Gasteiger partial charge in [0.05, 0.1) is 0 Å². The highest BCUT2D eigenvalue weighted by Gasteiger charge is 2.20. The minimum absolute atomic E-state index is 0.116. The number of rotatable bonds is 2. The van der Waals surface area contributed by atoms with Crippen molar-refractivity contribution < 1.29 is 0 Å². The van der Waals surface area contributed by atoms with Crippen LogP contribution in [0.15, 0.2) is 12.4 Å². The van der Waals surface area contributed by atoms with Crippen LogP contribution in [0.3, 0.4) is 0 Å². The normalized spacial score (nSPS) is 19.1. The third-order valence-corrected chi connectivity index (χ3v) is 3.83. The topological polar surface area (TPSA) is 29.0 Å². The summed E-state index contributed by atoms with van der Waals surface area (Å²) in [5.74, 6) is 0.795. The predicted molar refractivity (Wildman–Crippen MR) is 74.7 cm³/mol. The van der Waals surface area contributed by atoms with Gasteiger partial charge in [0.1, 0.15) is 6.33 Å². The molecule has 0 spiro atoms. The maximum atomic E-state index is 4.44. The largest absolute Gasteiger partial charge is 0.306 e. The summed E-state index contributed by atoms with van der Waals surface area (Å²) >= 11 is 0. The van der Waals surface area contributed by atoms with Crippen LogP contribution in [0.25, 0.3) is 0 Å². The van der Waals surface area contributed by atoms with Gasteiger partial charge in [-0.1, -0.05) is 20.8 Å². The van der Waals surface area contributed by atoms with Crippen LogP contribution in [-0.2, 0) is 11.8 Å². The molecule has 2 heterocycles. The molecule has 0 atom stereocenters. The SMILES string of the molecule is CN1CCC(Cc2cc(C(C)(C)C)ncn2)CC1. The highest BCUT2D eigenvalue weighted by Crippen LogP contribution is 2.23. The fourth-order valence-electron chi connectivity index (χ4n) is 2.48. The van der Waals surface area contributed by atoms with Crippen LogP contribution in [0.4, 0.5) is 0 Å². The minimum atomic E-state index is 0.116. The number of aromatic nitrogens is 2. The zero-order chi connectivity index (χ0) is 13.2. The van der Waals surface area contributed by atoms with E-state index in [4.69, 9.17) is 0 Å². The van der Waals surface area contributed by atoms with Gasteiger partial charge in [-0.3, -0.25) is 0 Å². The van der Waals surface area contributed by atoms with Crippen LogP contribution in [0.2, 0.25) is 0 Å². The van der Waals surface area contributed by atoms with E-state index in [-0.39, 0.29) is 5.41 Å². The van der Waals surface area contributed by atoms with Crippen molar-refractivity contribution in [2.75, 3.05) is 20.1 Å². The van der Waals surface area contributed by atoms with Gasteiger partial charge >= 0.3 is 0 Å². The summed E-state index contributed by atoms with van der Waals surface area (Å²) in [5, 5.41) is 0. The molecule has 18 heavy (non-hydrogen) atoms. The summed E-state index contributed by atoms with van der Waals surface area (Å²) in [5.41, 5.74) is 2.48. The lowest BCUT2D eigenvalue weighted by Crippen LogP contribution is -2.31. The average molecular weight is 247 g/mol. The first-order chi connectivity index (χ1) is 8.45. The lowest BCUT2D eigenvalue weighted by atomic mass is 9.89. The number of piperidine rings is 1. The molecule has 0 N–H and O–H groups in total. The second-order valence-corrected chi connectivity index (χ2v) is 6.60. The third kappa shape index (κ3) is 3.52. The Balaban J connectivity index is 2.01. The van der Waals surface area contributed by atoms with Crippen LogP contribution in [0.1, 0.15) is 45.0 Å². The molecular formula is C15H25N3. The summed E-state index contributed by atoms with van der Waals surface area (Å²) in [6.07, 6.45) is 5.43. The molecule has 1 aliphatic rings. The monoisotopic (exact) mass is 247 g/mol. The molecule has 0 saturated carbocycles. The average Bonchev–Trinajstić information content (AvgIpc) is 2.31. The molecule has 1 aromatic heterocycles. The van der Waals surface area contributed by atoms with Crippen LogP contribution in [-0.4, -0.2) is 35.0 Å². The lowest BCUT2D eigenvalue weighted by molar-refractivity contribution is 0.218. The van der Waals surface area contributed by atoms with E-state index in [2.05, 4.69) is 48.8 Å². The summed E-state index contributed by atoms with van der Waals surface area (Å²) in [4.78, 5) is 11.3. The number of hydrogen-bond acceptors (Lipinski definition) is 3. The molecule has 1 aromatic rings. The zero-order valence-corrected chi connectivity index (χ0v) is 12.1. The Bertz CT molecular complexity index is 387. The molecule has 1 saturated heterocycles. The van der Waals surface area contributed by atoms with Crippen LogP contribution >= 0.6 is 0 Å². The molecule has 0 unspecified atom stereocenters. The maximum Gasteiger partial charge on any atom is 0.115 e. The maximum absolute atomic E-state index is 4.44. The Hall–Kier alpha value is -0.960. The lowest BCUT2D eigenvalue weighted by Gasteiger charge is -2.28. The predicted octanol–water partition coefficient (Wildman–Crippen LogP) is 2.66. The van der Waals surface area contributed by atoms with E-state index in [0.29, 0.717) is 0 Å². The van der Waals surface area contributed by atoms with Gasteiger partial charge in [0, 0.05) is 16.8 Å². The minimum Gasteiger partial charge on any atom is -0.306 e. The van der Waals surface area contributed by atoms with Gasteiger partial charge < -0.3 is 4.90 Å². The molecule has 0 aliphatic carbocycles. The van der Waals surface area contributed by atoms with Crippen molar-refractivity contribution in [3.63, 3.8) is 0 Å². The Morgan fingerprint density at radius 3 is 2.50 bits per heavy atom. The van der Waals surface area contributed by atoms with Crippen molar-refractivity contribution >= 4 is 0 Å². The highest BCUT2D eigenvalue weighted by atomic mass is 15.1. The van der Waals surface area contributed by atoms with Gasteiger partial charge in [0.2, 0.25) is 0 Å². The van der Waals surface area contributed by atoms with Gasteiger partial charge in [-0.05, 0) is 51.4 Å². The molecule has 0 bridgehead atoms. The number of nitrogens with zero attached hydrogens (tertiary/aromatic N) is 3. The summed E-state index contributed by atoms with van der Waals surface area (Å²) in [6, 6.07) is 2.19. The van der Waals surface area contributed by atoms with E-state index in [0.717, 1.165) is 18.0 Å². The highest BCUT2D eigenvalue weighted by molar-refractivity contribution is 5.16. The van der Waals surface area contributed by atoms with Crippen molar-refractivity contribution in [1.82, 2.24) is 14.9 Å². The first-order valence-electron chi connectivity index (χ1n) is 6.95. The molecule has 0 amide bonds. The Morgan fingerprint density at radius 2 is 1.89 bits per heavy atom. The van der Waals surface area contributed by atoms with Crippen molar-refractivity contribution in [2.24, 2.45) is 5.92 Å². The molecular weight excluding hydrogens is 222 g/mol. The number of hydrogen-bond donors (Lipinski definition) is 0. The molecule has 0 aromatic carbocycles. The fraction of sp³-hybridized carbons (Fsp3) is 0.733. The van der Waals surface area contributed by atoms with E-state index >= 15 is 0 Å². The van der Waals surface area contributed by atoms with Gasteiger partial charge in [-0.2, -0.15) is 0 Å².